The van der Waals surface area contributed by atoms with Crippen LogP contribution in [0.1, 0.15) is 191 Å². The van der Waals surface area contributed by atoms with Crippen molar-refractivity contribution in [3.63, 3.8) is 0 Å². The molecule has 0 spiro atoms. The molecule has 28 heteroatoms. The van der Waals surface area contributed by atoms with Crippen molar-refractivity contribution in [1.82, 2.24) is 41.2 Å². The summed E-state index contributed by atoms with van der Waals surface area (Å²) in [5, 5.41) is 20.4. The number of hydrogen-bond donors (Lipinski definition) is 3. The second-order valence-corrected chi connectivity index (χ2v) is 37.2. The highest BCUT2D eigenvalue weighted by Crippen LogP contribution is 2.54. The van der Waals surface area contributed by atoms with Crippen LogP contribution in [-0.2, 0) is 42.3 Å². The standard InChI is InChI=1S/C39H35FN6O5.C39H37FN6O4.C26H28N4O.3CH4/c1-21-5-6-25(35-22(2)43-51-23(35)3)15-32(21)45(27-9-7-26(8-10-27)39(41-4)13-14-39)20-24-18-44(19-24)33-17-29-28(16-30(33)40)37(49)46(38(29)50)31-11-12-34(47)42-36(31)48;1-22-5-6-26(36-23(2)43-50-24(36)3)16-33(22)45(29-9-7-28(8-10-29)39(41-4)13-14-39)20-25-18-44(19-25)34-17-30-27(15-31(34)40)21-46(38(30)49)32-11-12-35(47)42-37(32)48;1-17-5-6-21(25-18(2)29-31-19(25)3)13-24(17)30(16-20-14-28-15-20)23-9-7-22(8-10-23)26(27-4)11-12-26;;;/h5-10,15-17,24,31H,11-14,18-20H2,1-3H3,(H,42,47,48);5-10,15-17,25,32H,11-14,18-21H2,1-3H3,(H,42,47,48);5-10,13,20,28H,11-12,14-16H2,1-3H3;3*1H4. The molecule has 7 amide bonds. The summed E-state index contributed by atoms with van der Waals surface area (Å²) in [5.74, 6) is -1.47. The maximum Gasteiger partial charge on any atom is 0.262 e. The summed E-state index contributed by atoms with van der Waals surface area (Å²) in [6.45, 7) is 47.6. The molecule has 3 aliphatic carbocycles. The lowest BCUT2D eigenvalue weighted by molar-refractivity contribution is -0.138. The van der Waals surface area contributed by atoms with Gasteiger partial charge in [-0.2, -0.15) is 0 Å². The number of carbonyl (C=O) groups excluding carboxylic acids is 7. The molecule has 21 rings (SSSR count). The van der Waals surface area contributed by atoms with E-state index in [0.717, 1.165) is 187 Å². The van der Waals surface area contributed by atoms with Gasteiger partial charge in [0.1, 0.15) is 41.0 Å². The quantitative estimate of drug-likeness (QED) is 0.0420. The van der Waals surface area contributed by atoms with Crippen LogP contribution in [0.25, 0.3) is 47.9 Å². The van der Waals surface area contributed by atoms with E-state index in [1.165, 1.54) is 34.0 Å². The van der Waals surface area contributed by atoms with Crippen LogP contribution in [0.5, 0.6) is 0 Å². The van der Waals surface area contributed by atoms with Crippen molar-refractivity contribution in [3.8, 4) is 33.4 Å². The average molecular weight is 1820 g/mol. The number of rotatable bonds is 22. The first-order valence-electron chi connectivity index (χ1n) is 45.2. The van der Waals surface area contributed by atoms with Crippen molar-refractivity contribution in [3.05, 3.63) is 288 Å². The Labute approximate surface area is 785 Å². The van der Waals surface area contributed by atoms with E-state index < -0.39 is 64.3 Å². The molecule has 5 saturated heterocycles. The third-order valence-corrected chi connectivity index (χ3v) is 28.3. The van der Waals surface area contributed by atoms with Crippen LogP contribution in [0.2, 0.25) is 0 Å². The maximum absolute atomic E-state index is 15.6. The second-order valence-electron chi connectivity index (χ2n) is 37.2. The van der Waals surface area contributed by atoms with E-state index in [1.54, 1.807) is 6.07 Å². The number of fused-ring (bicyclic) bond motifs is 2. The van der Waals surface area contributed by atoms with Gasteiger partial charge >= 0.3 is 0 Å². The number of aryl methyl sites for hydroxylation is 9. The van der Waals surface area contributed by atoms with Crippen LogP contribution in [-0.4, -0.2) is 138 Å². The molecule has 7 aliphatic heterocycles. The summed E-state index contributed by atoms with van der Waals surface area (Å²) in [7, 11) is 0. The SMILES string of the molecule is C.C.C.[C-]#[N+]C1(c2ccc(N(CC3CN(c4cc5c(cc4F)C(=O)N(C4CCC(=O)NC4=O)C5=O)C3)c3cc(-c4c(C)noc4C)ccc3C)cc2)CC1.[C-]#[N+]C1(c2ccc(N(CC3CN(c4cc5c(cc4F)CN(C4CCC(=O)NC4=O)C5=O)C3)c3cc(-c4c(C)noc4C)ccc3C)cc2)CC1.[C-]#[N+]C1(c2ccc(N(CC3CNC3)c3cc(-c4c(C)noc4C)ccc3C)cc2)CC1. The van der Waals surface area contributed by atoms with Gasteiger partial charge < -0.3 is 62.8 Å². The van der Waals surface area contributed by atoms with E-state index in [4.69, 9.17) is 33.3 Å². The number of nitrogens with zero attached hydrogens (tertiary/aromatic N) is 13. The summed E-state index contributed by atoms with van der Waals surface area (Å²) in [5.41, 5.74) is 22.2. The van der Waals surface area contributed by atoms with Gasteiger partial charge in [0.2, 0.25) is 23.6 Å². The van der Waals surface area contributed by atoms with Gasteiger partial charge in [0.15, 0.2) is 0 Å². The lowest BCUT2D eigenvalue weighted by Gasteiger charge is -2.44. The van der Waals surface area contributed by atoms with Gasteiger partial charge in [-0.15, -0.1) is 0 Å². The number of carbonyl (C=O) groups is 7. The van der Waals surface area contributed by atoms with Gasteiger partial charge in [-0.1, -0.05) is 74.1 Å². The Kier molecular flexibility index (Phi) is 25.6. The minimum Gasteiger partial charge on any atom is -0.368 e. The molecule has 3 saturated carbocycles. The minimum absolute atomic E-state index is 0. The molecule has 8 aromatic carbocycles. The lowest BCUT2D eigenvalue weighted by atomic mass is 9.95. The predicted molar refractivity (Wildman–Crippen MR) is 515 cm³/mol. The molecule has 10 heterocycles. The molecule has 10 aliphatic rings. The third kappa shape index (κ3) is 17.5. The van der Waals surface area contributed by atoms with Gasteiger partial charge in [-0.05, 0) is 229 Å². The lowest BCUT2D eigenvalue weighted by Crippen LogP contribution is -2.54. The van der Waals surface area contributed by atoms with Crippen molar-refractivity contribution in [2.75, 3.05) is 83.4 Å². The largest absolute Gasteiger partial charge is 0.368 e. The zero-order valence-corrected chi connectivity index (χ0v) is 75.1. The average Bonchev–Trinajstić information content (AvgIpc) is 1.60. The van der Waals surface area contributed by atoms with E-state index in [9.17, 15) is 33.6 Å². The number of piperidine rings is 2. The Morgan fingerprint density at radius 1 is 0.422 bits per heavy atom. The molecule has 2 unspecified atom stereocenters. The normalized spacial score (nSPS) is 18.5. The fourth-order valence-electron chi connectivity index (χ4n) is 20.0. The molecule has 3 N–H and O–H groups in total. The van der Waals surface area contributed by atoms with E-state index in [0.29, 0.717) is 62.0 Å². The molecule has 694 valence electrons. The second kappa shape index (κ2) is 36.9. The number of nitrogens with one attached hydrogen (secondary N) is 3. The van der Waals surface area contributed by atoms with Crippen LogP contribution in [0.3, 0.4) is 0 Å². The van der Waals surface area contributed by atoms with Crippen LogP contribution in [0.4, 0.5) is 54.3 Å². The van der Waals surface area contributed by atoms with Crippen molar-refractivity contribution in [2.45, 2.75) is 184 Å². The highest BCUT2D eigenvalue weighted by Gasteiger charge is 2.55. The molecule has 2 atom stereocenters. The number of anilines is 8. The maximum atomic E-state index is 15.6. The highest BCUT2D eigenvalue weighted by atomic mass is 19.1. The Bertz CT molecular complexity index is 6630. The molecule has 0 bridgehead atoms. The van der Waals surface area contributed by atoms with E-state index >= 15 is 8.78 Å². The van der Waals surface area contributed by atoms with Gasteiger partial charge in [0, 0.05) is 208 Å². The Hall–Kier alpha value is -14.4. The number of aromatic nitrogens is 3. The summed E-state index contributed by atoms with van der Waals surface area (Å²) >= 11 is 0. The predicted octanol–water partition coefficient (Wildman–Crippen LogP) is 19.8. The number of benzene rings is 8. The highest BCUT2D eigenvalue weighted by molar-refractivity contribution is 6.24. The molecular weight excluding hydrogens is 1710 g/mol. The smallest absolute Gasteiger partial charge is 0.262 e. The first kappa shape index (κ1) is 93.8. The summed E-state index contributed by atoms with van der Waals surface area (Å²) in [4.78, 5) is 113. The van der Waals surface area contributed by atoms with Gasteiger partial charge in [0.05, 0.1) is 39.6 Å². The molecule has 26 nitrogen and oxygen atoms in total. The zero-order valence-electron chi connectivity index (χ0n) is 75.1. The van der Waals surface area contributed by atoms with Crippen molar-refractivity contribution >= 4 is 86.8 Å². The summed E-state index contributed by atoms with van der Waals surface area (Å²) in [6.07, 6.45) is 5.91. The number of halogens is 2. The molecule has 0 radical (unpaired) electrons. The van der Waals surface area contributed by atoms with Crippen molar-refractivity contribution in [1.29, 1.82) is 0 Å². The first-order chi connectivity index (χ1) is 63.5. The van der Waals surface area contributed by atoms with E-state index in [2.05, 4.69) is 197 Å². The third-order valence-electron chi connectivity index (χ3n) is 28.3. The van der Waals surface area contributed by atoms with Crippen LogP contribution >= 0.6 is 0 Å². The summed E-state index contributed by atoms with van der Waals surface area (Å²) in [6, 6.07) is 48.2. The van der Waals surface area contributed by atoms with Gasteiger partial charge in [-0.3, -0.25) is 49.1 Å². The topological polar surface area (TPSA) is 269 Å². The molecule has 8 fully saturated rings. The Morgan fingerprint density at radius 3 is 1.09 bits per heavy atom. The molecular formula is C107H112F2N16O10. The van der Waals surface area contributed by atoms with Crippen LogP contribution < -0.4 is 40.4 Å². The zero-order chi connectivity index (χ0) is 92.2. The fourth-order valence-corrected chi connectivity index (χ4v) is 20.0. The monoisotopic (exact) mass is 1820 g/mol. The Balaban J connectivity index is 0.000000150. The van der Waals surface area contributed by atoms with E-state index in [-0.39, 0.29) is 101 Å². The van der Waals surface area contributed by atoms with E-state index in [1.807, 2.05) is 63.5 Å². The number of imide groups is 3. The van der Waals surface area contributed by atoms with Gasteiger partial charge in [0.25, 0.3) is 34.3 Å². The summed E-state index contributed by atoms with van der Waals surface area (Å²) < 4.78 is 47.6. The van der Waals surface area contributed by atoms with Crippen molar-refractivity contribution in [2.24, 2.45) is 17.8 Å². The molecule has 11 aromatic rings. The Morgan fingerprint density at radius 2 is 0.763 bits per heavy atom. The van der Waals surface area contributed by atoms with Crippen LogP contribution in [0.15, 0.2) is 165 Å². The molecule has 3 aromatic heterocycles. The number of hydrogen-bond acceptors (Lipinski definition) is 19. The van der Waals surface area contributed by atoms with Crippen LogP contribution in [0, 0.1) is 111 Å². The molecule has 135 heavy (non-hydrogen) atoms. The number of amides is 7. The minimum atomic E-state index is -1.12. The fraction of sp³-hybridized carbons (Fsp3) is 0.374. The van der Waals surface area contributed by atoms with Gasteiger partial charge in [-0.25, -0.2) is 28.5 Å². The first-order valence-corrected chi connectivity index (χ1v) is 45.2. The van der Waals surface area contributed by atoms with Crippen molar-refractivity contribution < 1.29 is 55.9 Å².